The SMILES string of the molecule is Cc1nc(CN2CCC3(CC(=O)NC3=O)C2)co1. The van der Waals surface area contributed by atoms with Crippen molar-refractivity contribution in [2.24, 2.45) is 5.41 Å². The largest absolute Gasteiger partial charge is 0.449 e. The quantitative estimate of drug-likeness (QED) is 0.759. The van der Waals surface area contributed by atoms with Gasteiger partial charge in [0.05, 0.1) is 11.1 Å². The molecule has 2 fully saturated rings. The predicted molar refractivity (Wildman–Crippen MR) is 61.3 cm³/mol. The van der Waals surface area contributed by atoms with Gasteiger partial charge in [0.1, 0.15) is 6.26 Å². The van der Waals surface area contributed by atoms with Gasteiger partial charge in [0.15, 0.2) is 5.89 Å². The summed E-state index contributed by atoms with van der Waals surface area (Å²) in [7, 11) is 0. The molecule has 0 aliphatic carbocycles. The van der Waals surface area contributed by atoms with Crippen LogP contribution in [0.25, 0.3) is 0 Å². The number of aromatic nitrogens is 1. The third-order valence-electron chi connectivity index (χ3n) is 3.72. The lowest BCUT2D eigenvalue weighted by Gasteiger charge is -2.19. The molecule has 1 N–H and O–H groups in total. The number of rotatable bonds is 2. The fraction of sp³-hybridized carbons (Fsp3) is 0.583. The van der Waals surface area contributed by atoms with Gasteiger partial charge in [0, 0.05) is 26.4 Å². The van der Waals surface area contributed by atoms with Crippen molar-refractivity contribution >= 4 is 11.8 Å². The van der Waals surface area contributed by atoms with E-state index in [1.54, 1.807) is 13.2 Å². The molecular weight excluding hydrogens is 234 g/mol. The number of nitrogens with zero attached hydrogens (tertiary/aromatic N) is 2. The predicted octanol–water partition coefficient (Wildman–Crippen LogP) is 0.222. The highest BCUT2D eigenvalue weighted by Crippen LogP contribution is 2.37. The lowest BCUT2D eigenvalue weighted by Crippen LogP contribution is -2.34. The number of hydrogen-bond acceptors (Lipinski definition) is 5. The molecule has 6 nitrogen and oxygen atoms in total. The van der Waals surface area contributed by atoms with Gasteiger partial charge < -0.3 is 4.42 Å². The second kappa shape index (κ2) is 3.91. The maximum Gasteiger partial charge on any atom is 0.234 e. The molecule has 1 unspecified atom stereocenters. The molecule has 2 saturated heterocycles. The molecule has 2 amide bonds. The Morgan fingerprint density at radius 1 is 1.56 bits per heavy atom. The number of carbonyl (C=O) groups is 2. The van der Waals surface area contributed by atoms with E-state index in [2.05, 4.69) is 15.2 Å². The van der Waals surface area contributed by atoms with Gasteiger partial charge in [0.25, 0.3) is 0 Å². The summed E-state index contributed by atoms with van der Waals surface area (Å²) >= 11 is 0. The van der Waals surface area contributed by atoms with E-state index in [0.29, 0.717) is 25.4 Å². The molecule has 3 heterocycles. The number of amides is 2. The van der Waals surface area contributed by atoms with Crippen LogP contribution in [0.15, 0.2) is 10.7 Å². The van der Waals surface area contributed by atoms with Gasteiger partial charge >= 0.3 is 0 Å². The molecule has 96 valence electrons. The van der Waals surface area contributed by atoms with Crippen LogP contribution in [0.1, 0.15) is 24.4 Å². The van der Waals surface area contributed by atoms with Gasteiger partial charge in [-0.1, -0.05) is 0 Å². The van der Waals surface area contributed by atoms with Crippen molar-refractivity contribution < 1.29 is 14.0 Å². The zero-order valence-electron chi connectivity index (χ0n) is 10.2. The van der Waals surface area contributed by atoms with Crippen molar-refractivity contribution in [2.45, 2.75) is 26.3 Å². The first-order valence-corrected chi connectivity index (χ1v) is 6.05. The molecule has 6 heteroatoms. The molecule has 1 atom stereocenters. The summed E-state index contributed by atoms with van der Waals surface area (Å²) in [5, 5.41) is 2.40. The summed E-state index contributed by atoms with van der Waals surface area (Å²) in [6.45, 7) is 3.90. The highest BCUT2D eigenvalue weighted by atomic mass is 16.3. The Bertz CT molecular complexity index is 510. The number of hydrogen-bond donors (Lipinski definition) is 1. The molecule has 18 heavy (non-hydrogen) atoms. The molecule has 2 aliphatic rings. The summed E-state index contributed by atoms with van der Waals surface area (Å²) in [6.07, 6.45) is 2.70. The van der Waals surface area contributed by atoms with Crippen LogP contribution in [-0.4, -0.2) is 34.8 Å². The lowest BCUT2D eigenvalue weighted by atomic mass is 9.85. The van der Waals surface area contributed by atoms with Gasteiger partial charge in [0.2, 0.25) is 11.8 Å². The van der Waals surface area contributed by atoms with Crippen molar-refractivity contribution in [2.75, 3.05) is 13.1 Å². The van der Waals surface area contributed by atoms with Crippen molar-refractivity contribution in [1.29, 1.82) is 0 Å². The Labute approximate surface area is 104 Å². The van der Waals surface area contributed by atoms with Crippen LogP contribution in [-0.2, 0) is 16.1 Å². The molecule has 0 bridgehead atoms. The Kier molecular flexibility index (Phi) is 2.48. The van der Waals surface area contributed by atoms with Crippen molar-refractivity contribution in [3.05, 3.63) is 17.8 Å². The zero-order chi connectivity index (χ0) is 12.8. The molecule has 0 saturated carbocycles. The summed E-state index contributed by atoms with van der Waals surface area (Å²) < 4.78 is 5.16. The first kappa shape index (κ1) is 11.4. The minimum absolute atomic E-state index is 0.119. The van der Waals surface area contributed by atoms with Crippen molar-refractivity contribution in [3.8, 4) is 0 Å². The Hall–Kier alpha value is -1.69. The smallest absolute Gasteiger partial charge is 0.234 e. The van der Waals surface area contributed by atoms with E-state index in [4.69, 9.17) is 4.42 Å². The van der Waals surface area contributed by atoms with Crippen LogP contribution in [0.5, 0.6) is 0 Å². The number of carbonyl (C=O) groups excluding carboxylic acids is 2. The average molecular weight is 249 g/mol. The number of imide groups is 1. The summed E-state index contributed by atoms with van der Waals surface area (Å²) in [5.41, 5.74) is 0.366. The van der Waals surface area contributed by atoms with Crippen LogP contribution in [0, 0.1) is 12.3 Å². The van der Waals surface area contributed by atoms with E-state index < -0.39 is 5.41 Å². The van der Waals surface area contributed by atoms with Gasteiger partial charge in [-0.05, 0) is 13.0 Å². The maximum absolute atomic E-state index is 11.8. The fourth-order valence-electron chi connectivity index (χ4n) is 2.82. The van der Waals surface area contributed by atoms with Crippen molar-refractivity contribution in [1.82, 2.24) is 15.2 Å². The van der Waals surface area contributed by atoms with Crippen LogP contribution in [0.4, 0.5) is 0 Å². The third kappa shape index (κ3) is 1.82. The van der Waals surface area contributed by atoms with Crippen LogP contribution in [0.2, 0.25) is 0 Å². The molecule has 0 aromatic carbocycles. The standard InChI is InChI=1S/C12H15N3O3/c1-8-13-9(6-18-8)5-15-3-2-12(7-15)4-10(16)14-11(12)17/h6H,2-5,7H2,1H3,(H,14,16,17). The minimum Gasteiger partial charge on any atom is -0.449 e. The monoisotopic (exact) mass is 249 g/mol. The maximum atomic E-state index is 11.8. The summed E-state index contributed by atoms with van der Waals surface area (Å²) in [6, 6.07) is 0. The highest BCUT2D eigenvalue weighted by Gasteiger charge is 2.50. The number of oxazole rings is 1. The normalized spacial score (nSPS) is 28.3. The van der Waals surface area contributed by atoms with E-state index in [9.17, 15) is 9.59 Å². The van der Waals surface area contributed by atoms with E-state index in [1.165, 1.54) is 0 Å². The second-order valence-electron chi connectivity index (χ2n) is 5.15. The molecule has 1 aromatic heterocycles. The first-order chi connectivity index (χ1) is 8.57. The van der Waals surface area contributed by atoms with Crippen LogP contribution < -0.4 is 5.32 Å². The molecular formula is C12H15N3O3. The minimum atomic E-state index is -0.504. The van der Waals surface area contributed by atoms with E-state index >= 15 is 0 Å². The first-order valence-electron chi connectivity index (χ1n) is 6.05. The van der Waals surface area contributed by atoms with Gasteiger partial charge in [-0.25, -0.2) is 4.98 Å². The number of likely N-dealkylation sites (tertiary alicyclic amines) is 1. The molecule has 3 rings (SSSR count). The van der Waals surface area contributed by atoms with Crippen LogP contribution >= 0.6 is 0 Å². The van der Waals surface area contributed by atoms with Crippen molar-refractivity contribution in [3.63, 3.8) is 0 Å². The molecule has 0 radical (unpaired) electrons. The topological polar surface area (TPSA) is 75.4 Å². The van der Waals surface area contributed by atoms with Gasteiger partial charge in [-0.3, -0.25) is 19.8 Å². The molecule has 2 aliphatic heterocycles. The lowest BCUT2D eigenvalue weighted by molar-refractivity contribution is -0.128. The average Bonchev–Trinajstić information content (AvgIpc) is 2.93. The van der Waals surface area contributed by atoms with Gasteiger partial charge in [-0.15, -0.1) is 0 Å². The van der Waals surface area contributed by atoms with E-state index in [0.717, 1.165) is 18.7 Å². The zero-order valence-corrected chi connectivity index (χ0v) is 10.2. The Morgan fingerprint density at radius 3 is 3.00 bits per heavy atom. The third-order valence-corrected chi connectivity index (χ3v) is 3.72. The van der Waals surface area contributed by atoms with Crippen LogP contribution in [0.3, 0.4) is 0 Å². The fourth-order valence-corrected chi connectivity index (χ4v) is 2.82. The van der Waals surface area contributed by atoms with E-state index in [1.807, 2.05) is 0 Å². The number of aryl methyl sites for hydroxylation is 1. The molecule has 1 spiro atoms. The second-order valence-corrected chi connectivity index (χ2v) is 5.15. The van der Waals surface area contributed by atoms with Gasteiger partial charge in [-0.2, -0.15) is 0 Å². The summed E-state index contributed by atoms with van der Waals surface area (Å²) in [4.78, 5) is 29.5. The Morgan fingerprint density at radius 2 is 2.39 bits per heavy atom. The number of nitrogens with one attached hydrogen (secondary N) is 1. The molecule has 1 aromatic rings. The van der Waals surface area contributed by atoms with E-state index in [-0.39, 0.29) is 11.8 Å². The summed E-state index contributed by atoms with van der Waals surface area (Å²) in [5.74, 6) is 0.373. The highest BCUT2D eigenvalue weighted by molar-refractivity contribution is 6.06. The Balaban J connectivity index is 1.68.